The van der Waals surface area contributed by atoms with E-state index in [0.29, 0.717) is 11.3 Å². The van der Waals surface area contributed by atoms with Crippen LogP contribution in [0.4, 0.5) is 5.69 Å². The number of aryl methyl sites for hydroxylation is 2. The minimum atomic E-state index is -1.08. The number of H-pyrrole nitrogens is 1. The van der Waals surface area contributed by atoms with Crippen molar-refractivity contribution < 1.29 is 14.7 Å². The Kier molecular flexibility index (Phi) is 3.33. The number of amides is 1. The number of rotatable bonds is 3. The minimum Gasteiger partial charge on any atom is -0.478 e. The molecule has 0 aromatic carbocycles. The van der Waals surface area contributed by atoms with Crippen molar-refractivity contribution in [2.24, 2.45) is 0 Å². The van der Waals surface area contributed by atoms with Crippen molar-refractivity contribution >= 4 is 17.6 Å². The summed E-state index contributed by atoms with van der Waals surface area (Å²) in [5, 5.41) is 11.7. The number of carboxylic acid groups (broad SMARTS) is 1. The molecule has 0 aliphatic carbocycles. The Morgan fingerprint density at radius 3 is 2.74 bits per heavy atom. The molecule has 0 atom stereocenters. The van der Waals surface area contributed by atoms with Gasteiger partial charge in [-0.25, -0.2) is 4.79 Å². The van der Waals surface area contributed by atoms with E-state index in [9.17, 15) is 9.59 Å². The van der Waals surface area contributed by atoms with E-state index < -0.39 is 5.97 Å². The number of aromatic nitrogens is 2. The monoisotopic (exact) mass is 259 g/mol. The molecule has 1 amide bonds. The molecular formula is C13H13N3O3. The lowest BCUT2D eigenvalue weighted by Gasteiger charge is -2.05. The van der Waals surface area contributed by atoms with Crippen LogP contribution in [0.5, 0.6) is 0 Å². The average molecular weight is 259 g/mol. The fourth-order valence-electron chi connectivity index (χ4n) is 1.78. The third-order valence-corrected chi connectivity index (χ3v) is 2.70. The SMILES string of the molecule is Cc1cc(C(=O)Nc2c[nH]c(C)c2C(=O)O)ccn1. The van der Waals surface area contributed by atoms with Crippen molar-refractivity contribution in [3.8, 4) is 0 Å². The lowest BCUT2D eigenvalue weighted by molar-refractivity contribution is 0.0697. The molecule has 6 nitrogen and oxygen atoms in total. The van der Waals surface area contributed by atoms with Crippen molar-refractivity contribution in [3.05, 3.63) is 47.0 Å². The minimum absolute atomic E-state index is 0.0686. The van der Waals surface area contributed by atoms with Crippen molar-refractivity contribution in [2.45, 2.75) is 13.8 Å². The maximum Gasteiger partial charge on any atom is 0.339 e. The van der Waals surface area contributed by atoms with Gasteiger partial charge in [0.15, 0.2) is 0 Å². The second-order valence-corrected chi connectivity index (χ2v) is 4.15. The van der Waals surface area contributed by atoms with Gasteiger partial charge >= 0.3 is 5.97 Å². The number of aromatic amines is 1. The molecule has 0 spiro atoms. The quantitative estimate of drug-likeness (QED) is 0.785. The van der Waals surface area contributed by atoms with E-state index in [-0.39, 0.29) is 17.2 Å². The van der Waals surface area contributed by atoms with E-state index in [4.69, 9.17) is 5.11 Å². The van der Waals surface area contributed by atoms with Crippen molar-refractivity contribution in [1.29, 1.82) is 0 Å². The number of aromatic carboxylic acids is 1. The highest BCUT2D eigenvalue weighted by atomic mass is 16.4. The van der Waals surface area contributed by atoms with Crippen LogP contribution in [0.3, 0.4) is 0 Å². The predicted molar refractivity (Wildman–Crippen MR) is 69.4 cm³/mol. The number of nitrogens with one attached hydrogen (secondary N) is 2. The van der Waals surface area contributed by atoms with Crippen molar-refractivity contribution in [1.82, 2.24) is 9.97 Å². The molecule has 2 aromatic heterocycles. The first-order chi connectivity index (χ1) is 8.99. The topological polar surface area (TPSA) is 95.1 Å². The number of nitrogens with zero attached hydrogens (tertiary/aromatic N) is 1. The largest absolute Gasteiger partial charge is 0.478 e. The number of carbonyl (C=O) groups is 2. The van der Waals surface area contributed by atoms with Gasteiger partial charge in [0.25, 0.3) is 5.91 Å². The van der Waals surface area contributed by atoms with E-state index >= 15 is 0 Å². The second-order valence-electron chi connectivity index (χ2n) is 4.15. The summed E-state index contributed by atoms with van der Waals surface area (Å²) in [5.74, 6) is -1.45. The molecule has 0 radical (unpaired) electrons. The van der Waals surface area contributed by atoms with Gasteiger partial charge in [-0.05, 0) is 26.0 Å². The van der Waals surface area contributed by atoms with Crippen LogP contribution in [0.2, 0.25) is 0 Å². The van der Waals surface area contributed by atoms with Crippen LogP contribution in [-0.2, 0) is 0 Å². The van der Waals surface area contributed by atoms with Gasteiger partial charge in [-0.3, -0.25) is 9.78 Å². The van der Waals surface area contributed by atoms with Gasteiger partial charge in [0.2, 0.25) is 0 Å². The Balaban J connectivity index is 2.27. The van der Waals surface area contributed by atoms with Crippen LogP contribution in [-0.4, -0.2) is 27.0 Å². The van der Waals surface area contributed by atoms with Crippen LogP contribution in [0, 0.1) is 13.8 Å². The molecule has 0 saturated heterocycles. The Labute approximate surface area is 109 Å². The van der Waals surface area contributed by atoms with Gasteiger partial charge < -0.3 is 15.4 Å². The summed E-state index contributed by atoms with van der Waals surface area (Å²) in [6.07, 6.45) is 3.00. The fraction of sp³-hybridized carbons (Fsp3) is 0.154. The van der Waals surface area contributed by atoms with E-state index in [1.54, 1.807) is 26.0 Å². The van der Waals surface area contributed by atoms with Gasteiger partial charge in [0.1, 0.15) is 5.56 Å². The Bertz CT molecular complexity index is 646. The van der Waals surface area contributed by atoms with E-state index in [1.807, 2.05) is 0 Å². The zero-order chi connectivity index (χ0) is 14.0. The first-order valence-electron chi connectivity index (χ1n) is 5.64. The molecule has 2 rings (SSSR count). The number of hydrogen-bond acceptors (Lipinski definition) is 3. The zero-order valence-corrected chi connectivity index (χ0v) is 10.5. The van der Waals surface area contributed by atoms with E-state index in [2.05, 4.69) is 15.3 Å². The summed E-state index contributed by atoms with van der Waals surface area (Å²) >= 11 is 0. The summed E-state index contributed by atoms with van der Waals surface area (Å²) in [6.45, 7) is 3.41. The molecule has 0 aliphatic rings. The van der Waals surface area contributed by atoms with E-state index in [0.717, 1.165) is 5.69 Å². The van der Waals surface area contributed by atoms with Gasteiger partial charge in [-0.1, -0.05) is 0 Å². The lowest BCUT2D eigenvalue weighted by Crippen LogP contribution is -2.14. The van der Waals surface area contributed by atoms with Crippen LogP contribution in [0.15, 0.2) is 24.5 Å². The molecule has 0 unspecified atom stereocenters. The van der Waals surface area contributed by atoms with Crippen molar-refractivity contribution in [2.75, 3.05) is 5.32 Å². The van der Waals surface area contributed by atoms with Crippen LogP contribution < -0.4 is 5.32 Å². The average Bonchev–Trinajstić information content (AvgIpc) is 2.70. The Morgan fingerprint density at radius 1 is 1.37 bits per heavy atom. The standard InChI is InChI=1S/C13H13N3O3/c1-7-5-9(3-4-14-7)12(17)16-10-6-15-8(2)11(10)13(18)19/h3-6,15H,1-2H3,(H,16,17)(H,18,19). The fourth-order valence-corrected chi connectivity index (χ4v) is 1.78. The summed E-state index contributed by atoms with van der Waals surface area (Å²) in [4.78, 5) is 29.9. The van der Waals surface area contributed by atoms with Gasteiger partial charge in [0, 0.05) is 29.3 Å². The maximum atomic E-state index is 12.0. The molecule has 3 N–H and O–H groups in total. The van der Waals surface area contributed by atoms with Gasteiger partial charge in [-0.15, -0.1) is 0 Å². The Hall–Kier alpha value is -2.63. The first-order valence-corrected chi connectivity index (χ1v) is 5.64. The summed E-state index contributed by atoms with van der Waals surface area (Å²) in [6, 6.07) is 3.21. The predicted octanol–water partition coefficient (Wildman–Crippen LogP) is 1.98. The molecule has 0 bridgehead atoms. The highest BCUT2D eigenvalue weighted by Crippen LogP contribution is 2.19. The second kappa shape index (κ2) is 4.93. The molecule has 0 saturated carbocycles. The van der Waals surface area contributed by atoms with E-state index in [1.165, 1.54) is 12.4 Å². The van der Waals surface area contributed by atoms with Crippen LogP contribution in [0.1, 0.15) is 32.1 Å². The number of carboxylic acids is 1. The molecule has 0 fully saturated rings. The molecule has 6 heteroatoms. The van der Waals surface area contributed by atoms with Crippen LogP contribution >= 0.6 is 0 Å². The van der Waals surface area contributed by atoms with Crippen molar-refractivity contribution in [3.63, 3.8) is 0 Å². The molecule has 0 aliphatic heterocycles. The number of pyridine rings is 1. The molecule has 19 heavy (non-hydrogen) atoms. The molecule has 2 heterocycles. The molecule has 98 valence electrons. The molecule has 2 aromatic rings. The third-order valence-electron chi connectivity index (χ3n) is 2.70. The first kappa shape index (κ1) is 12.8. The lowest BCUT2D eigenvalue weighted by atomic mass is 10.2. The third kappa shape index (κ3) is 2.62. The highest BCUT2D eigenvalue weighted by Gasteiger charge is 2.17. The Morgan fingerprint density at radius 2 is 2.11 bits per heavy atom. The molecular weight excluding hydrogens is 246 g/mol. The number of anilines is 1. The zero-order valence-electron chi connectivity index (χ0n) is 10.5. The summed E-state index contributed by atoms with van der Waals surface area (Å²) in [5.41, 5.74) is 1.97. The smallest absolute Gasteiger partial charge is 0.339 e. The van der Waals surface area contributed by atoms with Gasteiger partial charge in [0.05, 0.1) is 5.69 Å². The normalized spacial score (nSPS) is 10.2. The summed E-state index contributed by atoms with van der Waals surface area (Å²) < 4.78 is 0. The number of hydrogen-bond donors (Lipinski definition) is 3. The van der Waals surface area contributed by atoms with Gasteiger partial charge in [-0.2, -0.15) is 0 Å². The highest BCUT2D eigenvalue weighted by molar-refractivity contribution is 6.08. The number of carbonyl (C=O) groups excluding carboxylic acids is 1. The maximum absolute atomic E-state index is 12.0. The van der Waals surface area contributed by atoms with Crippen LogP contribution in [0.25, 0.3) is 0 Å². The summed E-state index contributed by atoms with van der Waals surface area (Å²) in [7, 11) is 0.